The van der Waals surface area contributed by atoms with E-state index in [0.717, 1.165) is 49.2 Å². The van der Waals surface area contributed by atoms with E-state index in [2.05, 4.69) is 42.2 Å². The summed E-state index contributed by atoms with van der Waals surface area (Å²) < 4.78 is 2.25. The van der Waals surface area contributed by atoms with Gasteiger partial charge in [-0.1, -0.05) is 47.0 Å². The minimum Gasteiger partial charge on any atom is -0.382 e. The molecule has 2 aromatic heterocycles. The molecule has 0 unspecified atom stereocenters. The molecule has 2 aromatic rings. The number of hydrogen-bond acceptors (Lipinski definition) is 4. The topological polar surface area (TPSA) is 69.6 Å². The highest BCUT2D eigenvalue weighted by Gasteiger charge is 2.14. The van der Waals surface area contributed by atoms with Gasteiger partial charge in [-0.3, -0.25) is 0 Å². The van der Waals surface area contributed by atoms with Crippen LogP contribution in [0.1, 0.15) is 72.0 Å². The predicted octanol–water partition coefficient (Wildman–Crippen LogP) is 4.36. The third kappa shape index (κ3) is 4.91. The molecule has 2 N–H and O–H groups in total. The third-order valence-electron chi connectivity index (χ3n) is 4.20. The van der Waals surface area contributed by atoms with Crippen LogP contribution in [-0.4, -0.2) is 19.5 Å². The fourth-order valence-electron chi connectivity index (χ4n) is 2.86. The van der Waals surface area contributed by atoms with Gasteiger partial charge in [0, 0.05) is 13.0 Å². The smallest absolute Gasteiger partial charge is 0.165 e. The van der Waals surface area contributed by atoms with Crippen molar-refractivity contribution in [2.24, 2.45) is 5.41 Å². The molecule has 2 heterocycles. The molecular weight excluding hydrogens is 286 g/mol. The van der Waals surface area contributed by atoms with Gasteiger partial charge in [-0.15, -0.1) is 0 Å². The number of fused-ring (bicyclic) bond motifs is 1. The summed E-state index contributed by atoms with van der Waals surface area (Å²) in [4.78, 5) is 13.2. The van der Waals surface area contributed by atoms with Gasteiger partial charge in [0.2, 0.25) is 0 Å². The zero-order valence-corrected chi connectivity index (χ0v) is 15.1. The number of aromatic nitrogens is 4. The second-order valence-electron chi connectivity index (χ2n) is 7.59. The summed E-state index contributed by atoms with van der Waals surface area (Å²) in [5.74, 6) is 1.59. The number of anilines is 1. The first-order valence-corrected chi connectivity index (χ1v) is 8.88. The van der Waals surface area contributed by atoms with Crippen LogP contribution in [0.15, 0.2) is 6.33 Å². The third-order valence-corrected chi connectivity index (χ3v) is 4.20. The standard InChI is InChI=1S/C18H31N5/c1-5-6-10-14-22-15-16(19)20-13-21-17(15)23(14)12-9-7-8-11-18(2,3)4/h13H,5-12H2,1-4H3,(H2,19,20,21). The lowest BCUT2D eigenvalue weighted by Gasteiger charge is -2.17. The molecule has 0 atom stereocenters. The Morgan fingerprint density at radius 1 is 1.09 bits per heavy atom. The highest BCUT2D eigenvalue weighted by Crippen LogP contribution is 2.23. The second kappa shape index (κ2) is 7.75. The zero-order valence-electron chi connectivity index (χ0n) is 15.1. The van der Waals surface area contributed by atoms with E-state index in [1.54, 1.807) is 6.33 Å². The van der Waals surface area contributed by atoms with Crippen LogP contribution < -0.4 is 5.73 Å². The number of nitrogen functional groups attached to an aromatic ring is 1. The first kappa shape index (κ1) is 17.7. The average molecular weight is 317 g/mol. The first-order chi connectivity index (χ1) is 10.9. The average Bonchev–Trinajstić information content (AvgIpc) is 2.83. The molecule has 0 fully saturated rings. The van der Waals surface area contributed by atoms with Crippen LogP contribution >= 0.6 is 0 Å². The Hall–Kier alpha value is -1.65. The number of nitrogens with zero attached hydrogens (tertiary/aromatic N) is 4. The van der Waals surface area contributed by atoms with Crippen LogP contribution in [0.3, 0.4) is 0 Å². The summed E-state index contributed by atoms with van der Waals surface area (Å²) in [6.45, 7) is 10.1. The number of imidazole rings is 1. The maximum Gasteiger partial charge on any atom is 0.165 e. The molecule has 0 aromatic carbocycles. The van der Waals surface area contributed by atoms with Gasteiger partial charge in [0.1, 0.15) is 12.2 Å². The van der Waals surface area contributed by atoms with Crippen molar-refractivity contribution in [3.8, 4) is 0 Å². The summed E-state index contributed by atoms with van der Waals surface area (Å²) in [6, 6.07) is 0. The molecule has 0 amide bonds. The van der Waals surface area contributed by atoms with Crippen molar-refractivity contribution in [3.63, 3.8) is 0 Å². The van der Waals surface area contributed by atoms with Crippen LogP contribution in [0, 0.1) is 5.41 Å². The van der Waals surface area contributed by atoms with E-state index in [4.69, 9.17) is 10.7 Å². The van der Waals surface area contributed by atoms with Crippen LogP contribution in [0.25, 0.3) is 11.2 Å². The van der Waals surface area contributed by atoms with Gasteiger partial charge in [-0.25, -0.2) is 15.0 Å². The van der Waals surface area contributed by atoms with Crippen molar-refractivity contribution in [2.75, 3.05) is 5.73 Å². The summed E-state index contributed by atoms with van der Waals surface area (Å²) in [5.41, 5.74) is 8.04. The molecule has 5 nitrogen and oxygen atoms in total. The SMILES string of the molecule is CCCCc1nc2c(N)ncnc2n1CCCCCC(C)(C)C. The molecule has 0 aliphatic carbocycles. The molecule has 5 heteroatoms. The Kier molecular flexibility index (Phi) is 5.97. The Labute approximate surface area is 139 Å². The van der Waals surface area contributed by atoms with Crippen molar-refractivity contribution in [1.82, 2.24) is 19.5 Å². The number of hydrogen-bond donors (Lipinski definition) is 1. The molecule has 2 rings (SSSR count). The Bertz CT molecular complexity index is 624. The first-order valence-electron chi connectivity index (χ1n) is 8.88. The van der Waals surface area contributed by atoms with Gasteiger partial charge in [0.15, 0.2) is 17.0 Å². The van der Waals surface area contributed by atoms with Crippen molar-refractivity contribution in [2.45, 2.75) is 79.2 Å². The highest BCUT2D eigenvalue weighted by atomic mass is 15.1. The lowest BCUT2D eigenvalue weighted by molar-refractivity contribution is 0.355. The largest absolute Gasteiger partial charge is 0.382 e. The van der Waals surface area contributed by atoms with E-state index >= 15 is 0 Å². The molecular formula is C18H31N5. The van der Waals surface area contributed by atoms with Gasteiger partial charge in [-0.2, -0.15) is 0 Å². The number of unbranched alkanes of at least 4 members (excludes halogenated alkanes) is 3. The van der Waals surface area contributed by atoms with E-state index in [1.807, 2.05) is 0 Å². The van der Waals surface area contributed by atoms with E-state index in [1.165, 1.54) is 19.3 Å². The zero-order chi connectivity index (χ0) is 16.9. The van der Waals surface area contributed by atoms with E-state index < -0.39 is 0 Å². The van der Waals surface area contributed by atoms with Crippen molar-refractivity contribution in [1.29, 1.82) is 0 Å². The summed E-state index contributed by atoms with van der Waals surface area (Å²) in [6.07, 6.45) is 9.77. The maximum atomic E-state index is 5.96. The van der Waals surface area contributed by atoms with Crippen molar-refractivity contribution < 1.29 is 0 Å². The Morgan fingerprint density at radius 3 is 2.57 bits per heavy atom. The molecule has 0 saturated carbocycles. The summed E-state index contributed by atoms with van der Waals surface area (Å²) in [5, 5.41) is 0. The number of rotatable bonds is 8. The van der Waals surface area contributed by atoms with Crippen LogP contribution in [0.4, 0.5) is 5.82 Å². The molecule has 0 spiro atoms. The van der Waals surface area contributed by atoms with Gasteiger partial charge in [0.25, 0.3) is 0 Å². The minimum absolute atomic E-state index is 0.426. The van der Waals surface area contributed by atoms with Crippen LogP contribution in [0.5, 0.6) is 0 Å². The fourth-order valence-corrected chi connectivity index (χ4v) is 2.86. The molecule has 23 heavy (non-hydrogen) atoms. The lowest BCUT2D eigenvalue weighted by Crippen LogP contribution is -2.07. The Morgan fingerprint density at radius 2 is 1.87 bits per heavy atom. The summed E-state index contributed by atoms with van der Waals surface area (Å²) >= 11 is 0. The number of aryl methyl sites for hydroxylation is 2. The molecule has 0 aliphatic rings. The van der Waals surface area contributed by atoms with E-state index in [9.17, 15) is 0 Å². The molecule has 128 valence electrons. The molecule has 0 bridgehead atoms. The maximum absolute atomic E-state index is 5.96. The minimum atomic E-state index is 0.426. The van der Waals surface area contributed by atoms with Crippen LogP contribution in [-0.2, 0) is 13.0 Å². The Balaban J connectivity index is 2.06. The molecule has 0 radical (unpaired) electrons. The number of nitrogens with two attached hydrogens (primary N) is 1. The quantitative estimate of drug-likeness (QED) is 0.734. The van der Waals surface area contributed by atoms with Gasteiger partial charge in [-0.05, 0) is 24.7 Å². The second-order valence-corrected chi connectivity index (χ2v) is 7.59. The summed E-state index contributed by atoms with van der Waals surface area (Å²) in [7, 11) is 0. The van der Waals surface area contributed by atoms with Crippen molar-refractivity contribution >= 4 is 17.0 Å². The highest BCUT2D eigenvalue weighted by molar-refractivity contribution is 5.81. The monoisotopic (exact) mass is 317 g/mol. The molecule has 0 aliphatic heterocycles. The van der Waals surface area contributed by atoms with Gasteiger partial charge in [0.05, 0.1) is 0 Å². The molecule has 0 saturated heterocycles. The van der Waals surface area contributed by atoms with E-state index in [0.29, 0.717) is 11.2 Å². The fraction of sp³-hybridized carbons (Fsp3) is 0.722. The van der Waals surface area contributed by atoms with Crippen LogP contribution in [0.2, 0.25) is 0 Å². The predicted molar refractivity (Wildman–Crippen MR) is 96.3 cm³/mol. The van der Waals surface area contributed by atoms with Gasteiger partial charge < -0.3 is 10.3 Å². The van der Waals surface area contributed by atoms with Gasteiger partial charge >= 0.3 is 0 Å². The lowest BCUT2D eigenvalue weighted by atomic mass is 9.89. The van der Waals surface area contributed by atoms with E-state index in [-0.39, 0.29) is 0 Å². The normalized spacial score (nSPS) is 12.2. The van der Waals surface area contributed by atoms with Crippen molar-refractivity contribution in [3.05, 3.63) is 12.2 Å².